The maximum atomic E-state index is 10.7. The number of aliphatic carboxylic acids is 1. The summed E-state index contributed by atoms with van der Waals surface area (Å²) in [6, 6.07) is 0. The van der Waals surface area contributed by atoms with Crippen LogP contribution in [0.5, 0.6) is 0 Å². The van der Waals surface area contributed by atoms with Gasteiger partial charge in [-0.25, -0.2) is 9.78 Å². The number of carboxylic acid groups (broad SMARTS) is 1. The van der Waals surface area contributed by atoms with Crippen LogP contribution in [0.15, 0.2) is 0 Å². The maximum absolute atomic E-state index is 10.7. The van der Waals surface area contributed by atoms with Crippen LogP contribution in [0.1, 0.15) is 61.3 Å². The van der Waals surface area contributed by atoms with Crippen molar-refractivity contribution in [2.24, 2.45) is 0 Å². The van der Waals surface area contributed by atoms with Crippen LogP contribution >= 0.6 is 0 Å². The highest BCUT2D eigenvalue weighted by molar-refractivity contribution is 5.66. The van der Waals surface area contributed by atoms with Crippen molar-refractivity contribution in [1.82, 2.24) is 0 Å². The second kappa shape index (κ2) is 9.29. The second-order valence-electron chi connectivity index (χ2n) is 6.59. The third kappa shape index (κ3) is 15.4. The minimum Gasteiger partial charge on any atom is -0.481 e. The largest absolute Gasteiger partial charge is 0.481 e. The van der Waals surface area contributed by atoms with Crippen molar-refractivity contribution in [2.45, 2.75) is 78.3 Å². The number of hydrogen-bond donors (Lipinski definition) is 3. The summed E-state index contributed by atoms with van der Waals surface area (Å²) in [6.45, 7) is 12.5. The molecule has 0 fully saturated rings. The summed E-state index contributed by atoms with van der Waals surface area (Å²) in [6.07, 6.45) is -0.00794. The molecule has 0 aliphatic heterocycles. The summed E-state index contributed by atoms with van der Waals surface area (Å²) in [5, 5.41) is 20.7. The zero-order chi connectivity index (χ0) is 17.3. The van der Waals surface area contributed by atoms with Crippen molar-refractivity contribution >= 4 is 5.97 Å². The van der Waals surface area contributed by atoms with Crippen molar-refractivity contribution in [3.8, 4) is 0 Å². The van der Waals surface area contributed by atoms with Crippen LogP contribution in [-0.4, -0.2) is 38.6 Å². The first-order chi connectivity index (χ1) is 9.33. The van der Waals surface area contributed by atoms with Gasteiger partial charge < -0.3 is 5.11 Å². The van der Waals surface area contributed by atoms with Crippen LogP contribution in [0, 0.1) is 0 Å². The lowest BCUT2D eigenvalue weighted by Crippen LogP contribution is -2.39. The second-order valence-corrected chi connectivity index (χ2v) is 6.59. The monoisotopic (exact) mass is 312 g/mol. The summed E-state index contributed by atoms with van der Waals surface area (Å²) in [4.78, 5) is 31.5. The first-order valence-electron chi connectivity index (χ1n) is 6.48. The molecule has 0 heterocycles. The summed E-state index contributed by atoms with van der Waals surface area (Å²) >= 11 is 0. The molecule has 8 heteroatoms. The Morgan fingerprint density at radius 3 is 1.38 bits per heavy atom. The van der Waals surface area contributed by atoms with E-state index in [2.05, 4.69) is 0 Å². The summed E-state index contributed by atoms with van der Waals surface area (Å²) in [5.74, 6) is -2.22. The Kier molecular flexibility index (Phi) is 9.96. The SMILES string of the molecule is CC(C)(C)OOC(C)(CCC(=O)O)OOC(C)(C)C.OO. The van der Waals surface area contributed by atoms with Gasteiger partial charge in [0.05, 0.1) is 17.6 Å². The smallest absolute Gasteiger partial charge is 0.303 e. The fourth-order valence-corrected chi connectivity index (χ4v) is 0.857. The van der Waals surface area contributed by atoms with Gasteiger partial charge in [-0.1, -0.05) is 0 Å². The quantitative estimate of drug-likeness (QED) is 0.373. The molecule has 0 rings (SSSR count). The molecule has 0 aliphatic carbocycles. The normalized spacial score (nSPS) is 12.6. The van der Waals surface area contributed by atoms with E-state index in [0.29, 0.717) is 0 Å². The van der Waals surface area contributed by atoms with Crippen LogP contribution in [0.25, 0.3) is 0 Å². The maximum Gasteiger partial charge on any atom is 0.303 e. The Bertz CT molecular complexity index is 272. The highest BCUT2D eigenvalue weighted by Gasteiger charge is 2.34. The minimum atomic E-state index is -1.28. The Labute approximate surface area is 125 Å². The van der Waals surface area contributed by atoms with Gasteiger partial charge in [0.25, 0.3) is 0 Å². The van der Waals surface area contributed by atoms with Crippen molar-refractivity contribution in [1.29, 1.82) is 0 Å². The number of rotatable bonds is 7. The Morgan fingerprint density at radius 1 is 0.810 bits per heavy atom. The van der Waals surface area contributed by atoms with Gasteiger partial charge in [-0.3, -0.25) is 15.3 Å². The number of carbonyl (C=O) groups is 1. The lowest BCUT2D eigenvalue weighted by molar-refractivity contribution is -0.537. The summed E-state index contributed by atoms with van der Waals surface area (Å²) in [5.41, 5.74) is -1.06. The molecule has 0 saturated heterocycles. The van der Waals surface area contributed by atoms with Gasteiger partial charge in [-0.2, -0.15) is 9.78 Å². The van der Waals surface area contributed by atoms with Crippen LogP contribution in [0.3, 0.4) is 0 Å². The number of carboxylic acids is 1. The molecule has 0 aromatic carbocycles. The fourth-order valence-electron chi connectivity index (χ4n) is 0.857. The van der Waals surface area contributed by atoms with E-state index in [9.17, 15) is 4.79 Å². The van der Waals surface area contributed by atoms with Gasteiger partial charge >= 0.3 is 5.97 Å². The molecular weight excluding hydrogens is 284 g/mol. The van der Waals surface area contributed by atoms with Gasteiger partial charge in [0.15, 0.2) is 0 Å². The minimum absolute atomic E-state index is 0.106. The molecule has 128 valence electrons. The molecular formula is C13H28O8. The predicted molar refractivity (Wildman–Crippen MR) is 74.4 cm³/mol. The first kappa shape index (κ1) is 22.5. The Balaban J connectivity index is 0. The van der Waals surface area contributed by atoms with Crippen LogP contribution in [0.2, 0.25) is 0 Å². The molecule has 0 aromatic heterocycles. The molecule has 0 aliphatic rings. The van der Waals surface area contributed by atoms with Crippen molar-refractivity contribution < 1.29 is 40.0 Å². The number of hydrogen-bond acceptors (Lipinski definition) is 7. The molecule has 0 unspecified atom stereocenters. The van der Waals surface area contributed by atoms with Crippen molar-refractivity contribution in [3.05, 3.63) is 0 Å². The van der Waals surface area contributed by atoms with E-state index in [0.717, 1.165) is 0 Å². The third-order valence-corrected chi connectivity index (χ3v) is 1.73. The average Bonchev–Trinajstić information content (AvgIpc) is 2.33. The zero-order valence-electron chi connectivity index (χ0n) is 13.8. The lowest BCUT2D eigenvalue weighted by atomic mass is 10.2. The van der Waals surface area contributed by atoms with Gasteiger partial charge in [0, 0.05) is 6.42 Å². The molecule has 0 aromatic rings. The van der Waals surface area contributed by atoms with Crippen LogP contribution in [0.4, 0.5) is 0 Å². The van der Waals surface area contributed by atoms with Gasteiger partial charge in [-0.05, 0) is 48.5 Å². The molecule has 0 atom stereocenters. The Hall–Kier alpha value is -0.770. The van der Waals surface area contributed by atoms with E-state index in [1.807, 2.05) is 41.5 Å². The average molecular weight is 312 g/mol. The molecule has 0 amide bonds. The topological polar surface area (TPSA) is 115 Å². The molecule has 0 bridgehead atoms. The zero-order valence-corrected chi connectivity index (χ0v) is 13.8. The summed E-state index contributed by atoms with van der Waals surface area (Å²) < 4.78 is 0. The highest BCUT2D eigenvalue weighted by atomic mass is 17.3. The van der Waals surface area contributed by atoms with E-state index >= 15 is 0 Å². The van der Waals surface area contributed by atoms with E-state index in [4.69, 9.17) is 35.2 Å². The predicted octanol–water partition coefficient (Wildman–Crippen LogP) is 3.08. The highest BCUT2D eigenvalue weighted by Crippen LogP contribution is 2.25. The van der Waals surface area contributed by atoms with E-state index in [1.54, 1.807) is 6.92 Å². The van der Waals surface area contributed by atoms with Gasteiger partial charge in [-0.15, -0.1) is 0 Å². The Morgan fingerprint density at radius 2 is 1.14 bits per heavy atom. The van der Waals surface area contributed by atoms with Crippen LogP contribution in [-0.2, 0) is 24.3 Å². The van der Waals surface area contributed by atoms with Crippen molar-refractivity contribution in [3.63, 3.8) is 0 Å². The van der Waals surface area contributed by atoms with E-state index in [1.165, 1.54) is 0 Å². The van der Waals surface area contributed by atoms with E-state index in [-0.39, 0.29) is 12.8 Å². The molecule has 21 heavy (non-hydrogen) atoms. The third-order valence-electron chi connectivity index (χ3n) is 1.73. The van der Waals surface area contributed by atoms with E-state index < -0.39 is 23.0 Å². The molecule has 0 spiro atoms. The fraction of sp³-hybridized carbons (Fsp3) is 0.923. The standard InChI is InChI=1S/C13H26O6.H2O2/c1-11(2,3)16-18-13(7,9-8-10(14)15)19-17-12(4,5)6;1-2/h8-9H2,1-7H3,(H,14,15);1-2H. The van der Waals surface area contributed by atoms with Crippen molar-refractivity contribution in [2.75, 3.05) is 0 Å². The lowest BCUT2D eigenvalue weighted by Gasteiger charge is -2.32. The molecule has 0 radical (unpaired) electrons. The van der Waals surface area contributed by atoms with Gasteiger partial charge in [0.2, 0.25) is 5.79 Å². The molecule has 0 saturated carbocycles. The molecule has 3 N–H and O–H groups in total. The molecule has 8 nitrogen and oxygen atoms in total. The first-order valence-corrected chi connectivity index (χ1v) is 6.48. The van der Waals surface area contributed by atoms with Crippen LogP contribution < -0.4 is 0 Å². The summed E-state index contributed by atoms with van der Waals surface area (Å²) in [7, 11) is 0. The van der Waals surface area contributed by atoms with Gasteiger partial charge in [0.1, 0.15) is 0 Å².